The zero-order valence-electron chi connectivity index (χ0n) is 8.56. The smallest absolute Gasteiger partial charge is 0.101 e. The number of likely N-dealkylation sites (tertiary alicyclic amines) is 1. The van der Waals surface area contributed by atoms with Crippen molar-refractivity contribution in [1.29, 1.82) is 0 Å². The van der Waals surface area contributed by atoms with Crippen LogP contribution in [-0.2, 0) is 6.54 Å². The Balaban J connectivity index is 1.93. The van der Waals surface area contributed by atoms with Gasteiger partial charge in [0.15, 0.2) is 0 Å². The highest BCUT2D eigenvalue weighted by Gasteiger charge is 2.17. The first-order valence-corrected chi connectivity index (χ1v) is 6.33. The highest BCUT2D eigenvalue weighted by molar-refractivity contribution is 14.1. The van der Waals surface area contributed by atoms with Gasteiger partial charge in [0.05, 0.1) is 6.10 Å². The number of aromatic nitrogens is 1. The van der Waals surface area contributed by atoms with Crippen LogP contribution >= 0.6 is 22.6 Å². The van der Waals surface area contributed by atoms with Crippen LogP contribution in [0, 0.1) is 3.70 Å². The van der Waals surface area contributed by atoms with E-state index >= 15 is 0 Å². The molecule has 0 amide bonds. The Kier molecular flexibility index (Phi) is 3.93. The van der Waals surface area contributed by atoms with Crippen LogP contribution in [-0.4, -0.2) is 34.2 Å². The average molecular weight is 318 g/mol. The maximum absolute atomic E-state index is 9.54. The van der Waals surface area contributed by atoms with Gasteiger partial charge >= 0.3 is 0 Å². The predicted octanol–water partition coefficient (Wildman–Crippen LogP) is 1.64. The van der Waals surface area contributed by atoms with E-state index in [0.717, 1.165) is 36.2 Å². The third kappa shape index (κ3) is 3.39. The molecule has 0 aliphatic carbocycles. The first-order valence-electron chi connectivity index (χ1n) is 5.25. The van der Waals surface area contributed by atoms with Crippen molar-refractivity contribution in [3.63, 3.8) is 0 Å². The topological polar surface area (TPSA) is 36.4 Å². The molecule has 82 valence electrons. The summed E-state index contributed by atoms with van der Waals surface area (Å²) in [6.45, 7) is 2.79. The molecular weight excluding hydrogens is 303 g/mol. The van der Waals surface area contributed by atoms with Crippen LogP contribution in [0.15, 0.2) is 18.3 Å². The van der Waals surface area contributed by atoms with E-state index in [1.807, 2.05) is 12.3 Å². The van der Waals surface area contributed by atoms with Crippen molar-refractivity contribution >= 4 is 22.6 Å². The molecule has 4 heteroatoms. The monoisotopic (exact) mass is 318 g/mol. The fourth-order valence-electron chi connectivity index (χ4n) is 1.93. The molecule has 0 saturated carbocycles. The van der Waals surface area contributed by atoms with E-state index in [2.05, 4.69) is 38.5 Å². The van der Waals surface area contributed by atoms with Gasteiger partial charge in [0.1, 0.15) is 3.70 Å². The molecule has 0 spiro atoms. The van der Waals surface area contributed by atoms with Crippen molar-refractivity contribution < 1.29 is 5.11 Å². The van der Waals surface area contributed by atoms with Crippen molar-refractivity contribution in [1.82, 2.24) is 9.88 Å². The number of hydrogen-bond donors (Lipinski definition) is 1. The first kappa shape index (κ1) is 11.3. The number of halogens is 1. The number of aliphatic hydroxyl groups is 1. The van der Waals surface area contributed by atoms with Crippen LogP contribution in [0.3, 0.4) is 0 Å². The maximum atomic E-state index is 9.54. The summed E-state index contributed by atoms with van der Waals surface area (Å²) in [7, 11) is 0. The van der Waals surface area contributed by atoms with Gasteiger partial charge in [-0.25, -0.2) is 0 Å². The number of hydrogen-bond acceptors (Lipinski definition) is 3. The second kappa shape index (κ2) is 5.23. The Bertz CT molecular complexity index is 315. The van der Waals surface area contributed by atoms with Crippen LogP contribution in [0.5, 0.6) is 0 Å². The quantitative estimate of drug-likeness (QED) is 0.665. The molecule has 1 aliphatic rings. The van der Waals surface area contributed by atoms with E-state index in [9.17, 15) is 5.11 Å². The fraction of sp³-hybridized carbons (Fsp3) is 0.545. The van der Waals surface area contributed by atoms with Gasteiger partial charge in [-0.2, -0.15) is 0 Å². The standard InChI is InChI=1S/C11H15IN2O/c12-11-4-3-9(6-13-11)7-14-5-1-2-10(15)8-14/h3-4,6,10,15H,1-2,5,7-8H2/t10-/m0/s1. The number of pyridine rings is 1. The molecule has 3 nitrogen and oxygen atoms in total. The lowest BCUT2D eigenvalue weighted by Crippen LogP contribution is -2.37. The lowest BCUT2D eigenvalue weighted by molar-refractivity contribution is 0.0668. The minimum absolute atomic E-state index is 0.143. The van der Waals surface area contributed by atoms with Gasteiger partial charge in [-0.3, -0.25) is 9.88 Å². The molecule has 1 aliphatic heterocycles. The number of piperidine rings is 1. The minimum Gasteiger partial charge on any atom is -0.392 e. The number of aliphatic hydroxyl groups excluding tert-OH is 1. The number of β-amino-alcohol motifs (C(OH)–C–C–N with tert-alkyl or cyclic N) is 1. The SMILES string of the molecule is O[C@H]1CCCN(Cc2ccc(I)nc2)C1. The van der Waals surface area contributed by atoms with E-state index in [1.54, 1.807) is 0 Å². The second-order valence-corrected chi connectivity index (χ2v) is 5.13. The Morgan fingerprint density at radius 1 is 1.53 bits per heavy atom. The summed E-state index contributed by atoms with van der Waals surface area (Å²) in [6, 6.07) is 4.13. The van der Waals surface area contributed by atoms with Crippen molar-refractivity contribution in [3.05, 3.63) is 27.6 Å². The predicted molar refractivity (Wildman–Crippen MR) is 67.5 cm³/mol. The lowest BCUT2D eigenvalue weighted by atomic mass is 10.1. The summed E-state index contributed by atoms with van der Waals surface area (Å²) in [5.41, 5.74) is 1.23. The molecule has 1 atom stereocenters. The molecule has 0 bridgehead atoms. The van der Waals surface area contributed by atoms with Crippen LogP contribution in [0.2, 0.25) is 0 Å². The Morgan fingerprint density at radius 3 is 3.07 bits per heavy atom. The molecule has 0 unspecified atom stereocenters. The molecule has 1 N–H and O–H groups in total. The third-order valence-corrected chi connectivity index (χ3v) is 3.31. The van der Waals surface area contributed by atoms with E-state index in [-0.39, 0.29) is 6.10 Å². The summed E-state index contributed by atoms with van der Waals surface area (Å²) in [5, 5.41) is 9.54. The zero-order chi connectivity index (χ0) is 10.7. The zero-order valence-corrected chi connectivity index (χ0v) is 10.7. The van der Waals surface area contributed by atoms with Gasteiger partial charge in [0.25, 0.3) is 0 Å². The normalized spacial score (nSPS) is 22.9. The van der Waals surface area contributed by atoms with Crippen molar-refractivity contribution in [2.24, 2.45) is 0 Å². The molecule has 2 rings (SSSR count). The summed E-state index contributed by atoms with van der Waals surface area (Å²) in [6.07, 6.45) is 3.82. The summed E-state index contributed by atoms with van der Waals surface area (Å²) < 4.78 is 1.02. The molecule has 1 fully saturated rings. The van der Waals surface area contributed by atoms with Crippen LogP contribution in [0.25, 0.3) is 0 Å². The van der Waals surface area contributed by atoms with E-state index in [1.165, 1.54) is 5.56 Å². The molecule has 15 heavy (non-hydrogen) atoms. The van der Waals surface area contributed by atoms with Crippen LogP contribution in [0.4, 0.5) is 0 Å². The number of nitrogens with zero attached hydrogens (tertiary/aromatic N) is 2. The van der Waals surface area contributed by atoms with E-state index in [4.69, 9.17) is 0 Å². The third-order valence-electron chi connectivity index (χ3n) is 2.68. The molecule has 1 aromatic heterocycles. The molecule has 1 saturated heterocycles. The Morgan fingerprint density at radius 2 is 2.40 bits per heavy atom. The largest absolute Gasteiger partial charge is 0.392 e. The molecule has 0 aromatic carbocycles. The lowest BCUT2D eigenvalue weighted by Gasteiger charge is -2.29. The molecule has 1 aromatic rings. The summed E-state index contributed by atoms with van der Waals surface area (Å²) in [5.74, 6) is 0. The molecule has 0 radical (unpaired) electrons. The summed E-state index contributed by atoms with van der Waals surface area (Å²) >= 11 is 2.21. The highest BCUT2D eigenvalue weighted by Crippen LogP contribution is 2.13. The number of rotatable bonds is 2. The highest BCUT2D eigenvalue weighted by atomic mass is 127. The van der Waals surface area contributed by atoms with Gasteiger partial charge in [0.2, 0.25) is 0 Å². The minimum atomic E-state index is -0.143. The van der Waals surface area contributed by atoms with E-state index < -0.39 is 0 Å². The average Bonchev–Trinajstić information content (AvgIpc) is 2.22. The van der Waals surface area contributed by atoms with Crippen LogP contribution in [0.1, 0.15) is 18.4 Å². The van der Waals surface area contributed by atoms with E-state index in [0.29, 0.717) is 0 Å². The van der Waals surface area contributed by atoms with Gasteiger partial charge in [-0.05, 0) is 53.6 Å². The Hall–Kier alpha value is -0.200. The Labute approximate surface area is 104 Å². The van der Waals surface area contributed by atoms with Gasteiger partial charge < -0.3 is 5.11 Å². The molecule has 2 heterocycles. The van der Waals surface area contributed by atoms with Crippen molar-refractivity contribution in [2.45, 2.75) is 25.5 Å². The maximum Gasteiger partial charge on any atom is 0.101 e. The summed E-state index contributed by atoms with van der Waals surface area (Å²) in [4.78, 5) is 6.55. The van der Waals surface area contributed by atoms with Crippen LogP contribution < -0.4 is 0 Å². The van der Waals surface area contributed by atoms with Gasteiger partial charge in [-0.1, -0.05) is 6.07 Å². The second-order valence-electron chi connectivity index (χ2n) is 4.02. The molecular formula is C11H15IN2O. The first-order chi connectivity index (χ1) is 7.24. The van der Waals surface area contributed by atoms with Gasteiger partial charge in [0, 0.05) is 19.3 Å². The van der Waals surface area contributed by atoms with Crippen molar-refractivity contribution in [2.75, 3.05) is 13.1 Å². The van der Waals surface area contributed by atoms with Gasteiger partial charge in [-0.15, -0.1) is 0 Å². The fourth-order valence-corrected chi connectivity index (χ4v) is 2.25. The van der Waals surface area contributed by atoms with Crippen molar-refractivity contribution in [3.8, 4) is 0 Å².